The number of halogens is 1. The second-order valence-electron chi connectivity index (χ2n) is 5.13. The van der Waals surface area contributed by atoms with Gasteiger partial charge in [0, 0.05) is 24.4 Å². The van der Waals surface area contributed by atoms with Gasteiger partial charge in [-0.3, -0.25) is 15.2 Å². The van der Waals surface area contributed by atoms with Crippen LogP contribution in [0.4, 0.5) is 4.39 Å². The zero-order chi connectivity index (χ0) is 17.9. The van der Waals surface area contributed by atoms with E-state index in [2.05, 4.69) is 15.6 Å². The van der Waals surface area contributed by atoms with E-state index in [9.17, 15) is 17.6 Å². The van der Waals surface area contributed by atoms with Crippen LogP contribution in [0.15, 0.2) is 58.8 Å². The summed E-state index contributed by atoms with van der Waals surface area (Å²) in [6, 6.07) is 7.67. The molecule has 0 radical (unpaired) electrons. The van der Waals surface area contributed by atoms with Crippen molar-refractivity contribution in [2.75, 3.05) is 0 Å². The molecule has 1 atom stereocenters. The molecule has 1 aliphatic heterocycles. The lowest BCUT2D eigenvalue weighted by atomic mass is 10.1. The topological polar surface area (TPSA) is 110 Å². The van der Waals surface area contributed by atoms with Crippen LogP contribution < -0.4 is 10.3 Å². The quantitative estimate of drug-likeness (QED) is 0.760. The monoisotopic (exact) mass is 364 g/mol. The highest BCUT2D eigenvalue weighted by Crippen LogP contribution is 2.16. The van der Waals surface area contributed by atoms with Crippen LogP contribution in [0.25, 0.3) is 0 Å². The number of carbonyl (C=O) groups excluding carboxylic acids is 1. The van der Waals surface area contributed by atoms with Crippen molar-refractivity contribution in [1.29, 1.82) is 0 Å². The van der Waals surface area contributed by atoms with Crippen LogP contribution >= 0.6 is 0 Å². The minimum absolute atomic E-state index is 0.176. The average molecular weight is 364 g/mol. The van der Waals surface area contributed by atoms with Gasteiger partial charge >= 0.3 is 0 Å². The van der Waals surface area contributed by atoms with E-state index in [-0.39, 0.29) is 11.3 Å². The number of aromatic nitrogens is 1. The van der Waals surface area contributed by atoms with E-state index in [0.29, 0.717) is 11.3 Å². The smallest absolute Gasteiger partial charge is 0.279 e. The zero-order valence-electron chi connectivity index (χ0n) is 12.7. The molecule has 3 rings (SSSR count). The number of carbonyl (C=O) groups is 1. The third-order valence-electron chi connectivity index (χ3n) is 3.39. The SMILES string of the molecule is O=C(NNS(=O)(=O)c1ccc(F)cc1)[C@H]1CC(c2cccnc2)=NO1. The molecular weight excluding hydrogens is 351 g/mol. The normalized spacial score (nSPS) is 16.8. The van der Waals surface area contributed by atoms with E-state index in [1.54, 1.807) is 24.5 Å². The second kappa shape index (κ2) is 6.95. The predicted molar refractivity (Wildman–Crippen MR) is 85.1 cm³/mol. The Labute approximate surface area is 142 Å². The molecule has 10 heteroatoms. The lowest BCUT2D eigenvalue weighted by molar-refractivity contribution is -0.131. The molecule has 2 aromatic rings. The number of hydrogen-bond donors (Lipinski definition) is 2. The zero-order valence-corrected chi connectivity index (χ0v) is 13.5. The van der Waals surface area contributed by atoms with Crippen LogP contribution in [0, 0.1) is 5.82 Å². The van der Waals surface area contributed by atoms with Gasteiger partial charge in [-0.05, 0) is 36.4 Å². The Morgan fingerprint density at radius 1 is 1.24 bits per heavy atom. The Kier molecular flexibility index (Phi) is 4.72. The number of amides is 1. The van der Waals surface area contributed by atoms with Gasteiger partial charge in [-0.15, -0.1) is 4.83 Å². The lowest BCUT2D eigenvalue weighted by Crippen LogP contribution is -2.46. The van der Waals surface area contributed by atoms with Crippen molar-refractivity contribution in [3.8, 4) is 0 Å². The summed E-state index contributed by atoms with van der Waals surface area (Å²) >= 11 is 0. The molecule has 0 bridgehead atoms. The molecule has 8 nitrogen and oxygen atoms in total. The highest BCUT2D eigenvalue weighted by molar-refractivity contribution is 7.89. The molecule has 0 spiro atoms. The van der Waals surface area contributed by atoms with Crippen molar-refractivity contribution < 1.29 is 22.4 Å². The van der Waals surface area contributed by atoms with Gasteiger partial charge in [0.05, 0.1) is 10.6 Å². The summed E-state index contributed by atoms with van der Waals surface area (Å²) in [4.78, 5) is 22.8. The molecule has 0 saturated heterocycles. The number of rotatable bonds is 5. The summed E-state index contributed by atoms with van der Waals surface area (Å²) < 4.78 is 36.9. The van der Waals surface area contributed by atoms with Crippen LogP contribution in [0.2, 0.25) is 0 Å². The number of benzene rings is 1. The summed E-state index contributed by atoms with van der Waals surface area (Å²) in [5.74, 6) is -1.27. The number of pyridine rings is 1. The molecule has 1 aromatic carbocycles. The highest BCUT2D eigenvalue weighted by Gasteiger charge is 2.30. The Hall–Kier alpha value is -2.85. The predicted octanol–water partition coefficient (Wildman–Crippen LogP) is 0.723. The first-order chi connectivity index (χ1) is 12.0. The first-order valence-electron chi connectivity index (χ1n) is 7.16. The summed E-state index contributed by atoms with van der Waals surface area (Å²) in [7, 11) is -4.02. The molecule has 0 saturated carbocycles. The largest absolute Gasteiger partial charge is 0.382 e. The molecule has 1 aliphatic rings. The van der Waals surface area contributed by atoms with Gasteiger partial charge in [0.25, 0.3) is 15.9 Å². The van der Waals surface area contributed by atoms with Crippen LogP contribution in [-0.4, -0.2) is 31.1 Å². The fourth-order valence-electron chi connectivity index (χ4n) is 2.09. The molecule has 2 heterocycles. The summed E-state index contributed by atoms with van der Waals surface area (Å²) in [6.07, 6.45) is 2.40. The summed E-state index contributed by atoms with van der Waals surface area (Å²) in [5, 5.41) is 3.82. The molecule has 1 aromatic heterocycles. The molecule has 0 fully saturated rings. The van der Waals surface area contributed by atoms with Gasteiger partial charge in [0.15, 0.2) is 0 Å². The summed E-state index contributed by atoms with van der Waals surface area (Å²) in [5.41, 5.74) is 3.31. The number of sulfonamides is 1. The standard InChI is InChI=1S/C15H13FN4O4S/c16-11-3-5-12(6-4-11)25(22,23)20-18-15(21)14-8-13(19-24-14)10-2-1-7-17-9-10/h1-7,9,14,20H,8H2,(H,18,21)/t14-/m1/s1. The first kappa shape index (κ1) is 17.0. The van der Waals surface area contributed by atoms with Crippen LogP contribution in [0.1, 0.15) is 12.0 Å². The molecule has 130 valence electrons. The second-order valence-corrected chi connectivity index (χ2v) is 6.81. The maximum atomic E-state index is 12.9. The molecular formula is C15H13FN4O4S. The number of nitrogens with one attached hydrogen (secondary N) is 2. The summed E-state index contributed by atoms with van der Waals surface area (Å²) in [6.45, 7) is 0. The van der Waals surface area contributed by atoms with Crippen molar-refractivity contribution in [3.05, 3.63) is 60.2 Å². The van der Waals surface area contributed by atoms with Crippen molar-refractivity contribution in [1.82, 2.24) is 15.2 Å². The molecule has 0 unspecified atom stereocenters. The Morgan fingerprint density at radius 3 is 2.68 bits per heavy atom. The average Bonchev–Trinajstić information content (AvgIpc) is 3.11. The number of oxime groups is 1. The fraction of sp³-hybridized carbons (Fsp3) is 0.133. The Balaban J connectivity index is 1.58. The number of hydrogen-bond acceptors (Lipinski definition) is 6. The highest BCUT2D eigenvalue weighted by atomic mass is 32.2. The van der Waals surface area contributed by atoms with Gasteiger partial charge in [0.1, 0.15) is 5.82 Å². The van der Waals surface area contributed by atoms with Crippen molar-refractivity contribution >= 4 is 21.6 Å². The molecule has 1 amide bonds. The minimum atomic E-state index is -4.02. The Bertz CT molecular complexity index is 901. The van der Waals surface area contributed by atoms with E-state index in [1.807, 2.05) is 4.83 Å². The minimum Gasteiger partial charge on any atom is -0.382 e. The van der Waals surface area contributed by atoms with Crippen molar-refractivity contribution in [2.24, 2.45) is 5.16 Å². The van der Waals surface area contributed by atoms with E-state index >= 15 is 0 Å². The molecule has 25 heavy (non-hydrogen) atoms. The van der Waals surface area contributed by atoms with E-state index in [4.69, 9.17) is 4.84 Å². The van der Waals surface area contributed by atoms with Gasteiger partial charge in [-0.2, -0.15) is 0 Å². The van der Waals surface area contributed by atoms with Gasteiger partial charge in [-0.1, -0.05) is 5.16 Å². The van der Waals surface area contributed by atoms with E-state index < -0.39 is 27.9 Å². The number of nitrogens with zero attached hydrogens (tertiary/aromatic N) is 2. The van der Waals surface area contributed by atoms with Crippen LogP contribution in [0.3, 0.4) is 0 Å². The van der Waals surface area contributed by atoms with Crippen LogP contribution in [0.5, 0.6) is 0 Å². The lowest BCUT2D eigenvalue weighted by Gasteiger charge is -2.11. The van der Waals surface area contributed by atoms with E-state index in [1.165, 1.54) is 0 Å². The third-order valence-corrected chi connectivity index (χ3v) is 4.65. The van der Waals surface area contributed by atoms with Crippen molar-refractivity contribution in [3.63, 3.8) is 0 Å². The fourth-order valence-corrected chi connectivity index (χ4v) is 2.94. The maximum absolute atomic E-state index is 12.9. The third kappa shape index (κ3) is 3.98. The first-order valence-corrected chi connectivity index (χ1v) is 8.64. The Morgan fingerprint density at radius 2 is 2.00 bits per heavy atom. The van der Waals surface area contributed by atoms with Gasteiger partial charge in [0.2, 0.25) is 6.10 Å². The van der Waals surface area contributed by atoms with Gasteiger partial charge in [-0.25, -0.2) is 12.8 Å². The van der Waals surface area contributed by atoms with Crippen LogP contribution in [-0.2, 0) is 19.7 Å². The molecule has 2 N–H and O–H groups in total. The van der Waals surface area contributed by atoms with E-state index in [0.717, 1.165) is 24.3 Å². The molecule has 0 aliphatic carbocycles. The number of hydrazine groups is 1. The van der Waals surface area contributed by atoms with Crippen molar-refractivity contribution in [2.45, 2.75) is 17.4 Å². The maximum Gasteiger partial charge on any atom is 0.279 e. The van der Waals surface area contributed by atoms with Gasteiger partial charge < -0.3 is 4.84 Å².